The van der Waals surface area contributed by atoms with Gasteiger partial charge in [-0.15, -0.1) is 0 Å². The van der Waals surface area contributed by atoms with Crippen molar-refractivity contribution in [3.8, 4) is 0 Å². The minimum atomic E-state index is -0.00201. The summed E-state index contributed by atoms with van der Waals surface area (Å²) in [7, 11) is 0. The van der Waals surface area contributed by atoms with Crippen molar-refractivity contribution in [2.75, 3.05) is 6.61 Å². The highest BCUT2D eigenvalue weighted by atomic mass is 16.5. The second-order valence-electron chi connectivity index (χ2n) is 4.60. The van der Waals surface area contributed by atoms with E-state index in [2.05, 4.69) is 22.3 Å². The molecule has 1 N–H and O–H groups in total. The molecule has 0 spiro atoms. The third kappa shape index (κ3) is 4.50. The lowest BCUT2D eigenvalue weighted by Crippen LogP contribution is -2.18. The van der Waals surface area contributed by atoms with Crippen molar-refractivity contribution in [3.63, 3.8) is 0 Å². The van der Waals surface area contributed by atoms with Crippen LogP contribution in [0.15, 0.2) is 42.6 Å². The predicted octanol–water partition coefficient (Wildman–Crippen LogP) is 3.09. The molecule has 2 atom stereocenters. The Labute approximate surface area is 113 Å². The van der Waals surface area contributed by atoms with Gasteiger partial charge < -0.3 is 9.47 Å². The SMILES string of the molecule is CC(O[C@H](C)COCc1ccccc1)c1ccn[nH]1. The summed E-state index contributed by atoms with van der Waals surface area (Å²) in [6, 6.07) is 12.1. The Hall–Kier alpha value is -1.65. The van der Waals surface area contributed by atoms with Gasteiger partial charge in [-0.1, -0.05) is 30.3 Å². The lowest BCUT2D eigenvalue weighted by atomic mass is 10.2. The number of hydrogen-bond acceptors (Lipinski definition) is 3. The van der Waals surface area contributed by atoms with E-state index in [0.29, 0.717) is 13.2 Å². The molecule has 19 heavy (non-hydrogen) atoms. The molecule has 1 heterocycles. The number of nitrogens with one attached hydrogen (secondary N) is 1. The van der Waals surface area contributed by atoms with E-state index in [9.17, 15) is 0 Å². The molecule has 0 aliphatic rings. The van der Waals surface area contributed by atoms with Crippen LogP contribution in [0.4, 0.5) is 0 Å². The maximum atomic E-state index is 5.84. The summed E-state index contributed by atoms with van der Waals surface area (Å²) in [6.45, 7) is 5.21. The number of benzene rings is 1. The molecule has 2 rings (SSSR count). The molecule has 2 aromatic rings. The number of nitrogens with zero attached hydrogens (tertiary/aromatic N) is 1. The topological polar surface area (TPSA) is 47.1 Å². The van der Waals surface area contributed by atoms with Gasteiger partial charge in [-0.05, 0) is 25.5 Å². The van der Waals surface area contributed by atoms with Crippen LogP contribution in [0.2, 0.25) is 0 Å². The van der Waals surface area contributed by atoms with Gasteiger partial charge in [-0.2, -0.15) is 5.10 Å². The summed E-state index contributed by atoms with van der Waals surface area (Å²) in [5.41, 5.74) is 2.16. The van der Waals surface area contributed by atoms with Gasteiger partial charge >= 0.3 is 0 Å². The van der Waals surface area contributed by atoms with Gasteiger partial charge in [0.25, 0.3) is 0 Å². The van der Waals surface area contributed by atoms with E-state index in [1.165, 1.54) is 5.56 Å². The average Bonchev–Trinajstić information content (AvgIpc) is 2.94. The number of aromatic nitrogens is 2. The highest BCUT2D eigenvalue weighted by molar-refractivity contribution is 5.13. The fraction of sp³-hybridized carbons (Fsp3) is 0.400. The Bertz CT molecular complexity index is 456. The zero-order valence-corrected chi connectivity index (χ0v) is 11.4. The Morgan fingerprint density at radius 1 is 1.16 bits per heavy atom. The van der Waals surface area contributed by atoms with Crippen LogP contribution in [0.25, 0.3) is 0 Å². The van der Waals surface area contributed by atoms with Gasteiger partial charge in [0.1, 0.15) is 0 Å². The molecular weight excluding hydrogens is 240 g/mol. The van der Waals surface area contributed by atoms with Crippen molar-refractivity contribution < 1.29 is 9.47 Å². The standard InChI is InChI=1S/C15H20N2O2/c1-12(19-13(2)15-8-9-16-17-15)10-18-11-14-6-4-3-5-7-14/h3-9,12-13H,10-11H2,1-2H3,(H,16,17)/t12-,13?/m1/s1. The van der Waals surface area contributed by atoms with E-state index in [4.69, 9.17) is 9.47 Å². The van der Waals surface area contributed by atoms with Crippen molar-refractivity contribution >= 4 is 0 Å². The predicted molar refractivity (Wildman–Crippen MR) is 73.6 cm³/mol. The molecule has 0 saturated heterocycles. The van der Waals surface area contributed by atoms with Gasteiger partial charge in [0.15, 0.2) is 0 Å². The van der Waals surface area contributed by atoms with Crippen LogP contribution in [0, 0.1) is 0 Å². The largest absolute Gasteiger partial charge is 0.374 e. The summed E-state index contributed by atoms with van der Waals surface area (Å²) in [5, 5.41) is 6.82. The summed E-state index contributed by atoms with van der Waals surface area (Å²) in [5.74, 6) is 0. The molecule has 4 heteroatoms. The molecule has 0 bridgehead atoms. The molecule has 0 saturated carbocycles. The summed E-state index contributed by atoms with van der Waals surface area (Å²) in [6.07, 6.45) is 1.77. The number of hydrogen-bond donors (Lipinski definition) is 1. The molecule has 0 aliphatic carbocycles. The molecule has 1 unspecified atom stereocenters. The third-order valence-corrected chi connectivity index (χ3v) is 2.86. The normalized spacial score (nSPS) is 14.2. The highest BCUT2D eigenvalue weighted by Crippen LogP contribution is 2.15. The second-order valence-corrected chi connectivity index (χ2v) is 4.60. The first-order valence-corrected chi connectivity index (χ1v) is 6.52. The van der Waals surface area contributed by atoms with E-state index in [1.807, 2.05) is 38.1 Å². The Morgan fingerprint density at radius 2 is 1.95 bits per heavy atom. The zero-order valence-electron chi connectivity index (χ0n) is 11.4. The minimum absolute atomic E-state index is 0.00201. The molecule has 4 nitrogen and oxygen atoms in total. The van der Waals surface area contributed by atoms with Gasteiger partial charge in [0.2, 0.25) is 0 Å². The fourth-order valence-corrected chi connectivity index (χ4v) is 1.87. The van der Waals surface area contributed by atoms with Gasteiger partial charge in [0, 0.05) is 6.20 Å². The van der Waals surface area contributed by atoms with Crippen LogP contribution >= 0.6 is 0 Å². The van der Waals surface area contributed by atoms with Crippen LogP contribution in [-0.2, 0) is 16.1 Å². The van der Waals surface area contributed by atoms with Gasteiger partial charge in [0.05, 0.1) is 31.1 Å². The first-order chi connectivity index (χ1) is 9.25. The van der Waals surface area contributed by atoms with Gasteiger partial charge in [-0.25, -0.2) is 0 Å². The summed E-state index contributed by atoms with van der Waals surface area (Å²) in [4.78, 5) is 0. The molecule has 0 radical (unpaired) electrons. The molecule has 1 aromatic carbocycles. The maximum absolute atomic E-state index is 5.84. The van der Waals surface area contributed by atoms with Crippen LogP contribution in [0.5, 0.6) is 0 Å². The monoisotopic (exact) mass is 260 g/mol. The molecule has 1 aromatic heterocycles. The van der Waals surface area contributed by atoms with Crippen molar-refractivity contribution in [2.24, 2.45) is 0 Å². The lowest BCUT2D eigenvalue weighted by molar-refractivity contribution is -0.0479. The molecule has 102 valence electrons. The van der Waals surface area contributed by atoms with E-state index in [0.717, 1.165) is 5.69 Å². The molecule has 0 fully saturated rings. The molecule has 0 amide bonds. The fourth-order valence-electron chi connectivity index (χ4n) is 1.87. The first-order valence-electron chi connectivity index (χ1n) is 6.52. The summed E-state index contributed by atoms with van der Waals surface area (Å²) < 4.78 is 11.5. The summed E-state index contributed by atoms with van der Waals surface area (Å²) >= 11 is 0. The molecular formula is C15H20N2O2. The quantitative estimate of drug-likeness (QED) is 0.832. The minimum Gasteiger partial charge on any atom is -0.374 e. The zero-order chi connectivity index (χ0) is 13.5. The third-order valence-electron chi connectivity index (χ3n) is 2.86. The van der Waals surface area contributed by atoms with Crippen LogP contribution in [0.1, 0.15) is 31.2 Å². The van der Waals surface area contributed by atoms with E-state index in [1.54, 1.807) is 6.20 Å². The van der Waals surface area contributed by atoms with Gasteiger partial charge in [-0.3, -0.25) is 5.10 Å². The first kappa shape index (κ1) is 13.8. The number of H-pyrrole nitrogens is 1. The number of rotatable bonds is 7. The lowest BCUT2D eigenvalue weighted by Gasteiger charge is -2.18. The van der Waals surface area contributed by atoms with E-state index < -0.39 is 0 Å². The van der Waals surface area contributed by atoms with Crippen molar-refractivity contribution in [3.05, 3.63) is 53.9 Å². The average molecular weight is 260 g/mol. The smallest absolute Gasteiger partial charge is 0.0965 e. The van der Waals surface area contributed by atoms with Crippen LogP contribution in [0.3, 0.4) is 0 Å². The Morgan fingerprint density at radius 3 is 2.63 bits per heavy atom. The second kappa shape index (κ2) is 7.07. The number of ether oxygens (including phenoxy) is 2. The number of aromatic amines is 1. The Balaban J connectivity index is 1.69. The highest BCUT2D eigenvalue weighted by Gasteiger charge is 2.11. The van der Waals surface area contributed by atoms with E-state index >= 15 is 0 Å². The molecule has 0 aliphatic heterocycles. The maximum Gasteiger partial charge on any atom is 0.0965 e. The van der Waals surface area contributed by atoms with E-state index in [-0.39, 0.29) is 12.2 Å². The van der Waals surface area contributed by atoms with Crippen LogP contribution in [-0.4, -0.2) is 22.9 Å². The van der Waals surface area contributed by atoms with Crippen molar-refractivity contribution in [1.29, 1.82) is 0 Å². The van der Waals surface area contributed by atoms with Crippen molar-refractivity contribution in [1.82, 2.24) is 10.2 Å². The van der Waals surface area contributed by atoms with Crippen molar-refractivity contribution in [2.45, 2.75) is 32.7 Å². The van der Waals surface area contributed by atoms with Crippen LogP contribution < -0.4 is 0 Å². The Kier molecular flexibility index (Phi) is 5.12.